The van der Waals surface area contributed by atoms with Crippen molar-refractivity contribution in [3.8, 4) is 11.1 Å². The molecule has 0 aliphatic heterocycles. The SMILES string of the molecule is CC(C)C[C@H](CNC(=O)[C@@H](C)NC(=O)OCC1c2ccccc2-c2ccccc21)CC(=O)O. The summed E-state index contributed by atoms with van der Waals surface area (Å²) in [4.78, 5) is 35.9. The van der Waals surface area contributed by atoms with Crippen LogP contribution >= 0.6 is 0 Å². The highest BCUT2D eigenvalue weighted by molar-refractivity contribution is 5.85. The number of nitrogens with one attached hydrogen (secondary N) is 2. The van der Waals surface area contributed by atoms with Crippen molar-refractivity contribution < 1.29 is 24.2 Å². The maximum atomic E-state index is 12.4. The summed E-state index contributed by atoms with van der Waals surface area (Å²) in [6.07, 6.45) is 0.0247. The van der Waals surface area contributed by atoms with Gasteiger partial charge in [0.1, 0.15) is 12.6 Å². The van der Waals surface area contributed by atoms with Crippen molar-refractivity contribution in [1.29, 1.82) is 0 Å². The number of amides is 2. The number of carboxylic acids is 1. The molecule has 0 saturated carbocycles. The van der Waals surface area contributed by atoms with Crippen LogP contribution < -0.4 is 10.6 Å². The maximum absolute atomic E-state index is 12.4. The van der Waals surface area contributed by atoms with Crippen LogP contribution in [0.25, 0.3) is 11.1 Å². The lowest BCUT2D eigenvalue weighted by atomic mass is 9.94. The molecular weight excluding hydrogens is 420 g/mol. The number of carbonyl (C=O) groups is 3. The Balaban J connectivity index is 1.51. The molecular formula is C26H32N2O5. The van der Waals surface area contributed by atoms with Crippen LogP contribution in [0.3, 0.4) is 0 Å². The first-order chi connectivity index (χ1) is 15.8. The van der Waals surface area contributed by atoms with Crippen LogP contribution in [0.5, 0.6) is 0 Å². The molecule has 0 fully saturated rings. The van der Waals surface area contributed by atoms with E-state index in [2.05, 4.69) is 22.8 Å². The van der Waals surface area contributed by atoms with Gasteiger partial charge in [0.25, 0.3) is 0 Å². The van der Waals surface area contributed by atoms with E-state index in [1.165, 1.54) is 0 Å². The number of hydrogen-bond acceptors (Lipinski definition) is 4. The summed E-state index contributed by atoms with van der Waals surface area (Å²) in [5.74, 6) is -1.15. The molecule has 0 radical (unpaired) electrons. The number of ether oxygens (including phenoxy) is 1. The molecule has 7 nitrogen and oxygen atoms in total. The van der Waals surface area contributed by atoms with Crippen LogP contribution in [0.4, 0.5) is 4.79 Å². The van der Waals surface area contributed by atoms with E-state index in [4.69, 9.17) is 9.84 Å². The van der Waals surface area contributed by atoms with Gasteiger partial charge in [-0.2, -0.15) is 0 Å². The molecule has 0 aromatic heterocycles. The third kappa shape index (κ3) is 6.34. The lowest BCUT2D eigenvalue weighted by Gasteiger charge is -2.20. The van der Waals surface area contributed by atoms with Gasteiger partial charge in [-0.1, -0.05) is 62.4 Å². The first kappa shape index (κ1) is 24.3. The quantitative estimate of drug-likeness (QED) is 0.502. The Hall–Kier alpha value is -3.35. The van der Waals surface area contributed by atoms with E-state index in [-0.39, 0.29) is 37.3 Å². The molecule has 2 amide bonds. The number of rotatable bonds is 10. The number of hydrogen-bond donors (Lipinski definition) is 3. The van der Waals surface area contributed by atoms with Crippen molar-refractivity contribution in [2.24, 2.45) is 11.8 Å². The van der Waals surface area contributed by atoms with E-state index < -0.39 is 18.1 Å². The molecule has 1 aliphatic rings. The monoisotopic (exact) mass is 452 g/mol. The van der Waals surface area contributed by atoms with Gasteiger partial charge < -0.3 is 20.5 Å². The van der Waals surface area contributed by atoms with Crippen LogP contribution in [-0.2, 0) is 14.3 Å². The van der Waals surface area contributed by atoms with E-state index in [1.807, 2.05) is 50.2 Å². The zero-order valence-corrected chi connectivity index (χ0v) is 19.3. The fourth-order valence-corrected chi connectivity index (χ4v) is 4.43. The predicted molar refractivity (Wildman–Crippen MR) is 126 cm³/mol. The Morgan fingerprint density at radius 3 is 2.09 bits per heavy atom. The lowest BCUT2D eigenvalue weighted by molar-refractivity contribution is -0.138. The minimum atomic E-state index is -0.889. The third-order valence-electron chi connectivity index (χ3n) is 5.90. The first-order valence-electron chi connectivity index (χ1n) is 11.4. The number of fused-ring (bicyclic) bond motifs is 3. The summed E-state index contributed by atoms with van der Waals surface area (Å²) in [5.41, 5.74) is 4.53. The Bertz CT molecular complexity index is 958. The Labute approximate surface area is 194 Å². The number of carboxylic acid groups (broad SMARTS) is 1. The molecule has 0 bridgehead atoms. The first-order valence-corrected chi connectivity index (χ1v) is 11.4. The summed E-state index contributed by atoms with van der Waals surface area (Å²) < 4.78 is 5.48. The van der Waals surface area contributed by atoms with Crippen molar-refractivity contribution in [3.05, 3.63) is 59.7 Å². The fraction of sp³-hybridized carbons (Fsp3) is 0.423. The highest BCUT2D eigenvalue weighted by Gasteiger charge is 2.29. The van der Waals surface area contributed by atoms with Crippen LogP contribution in [0.2, 0.25) is 0 Å². The van der Waals surface area contributed by atoms with Crippen molar-refractivity contribution in [3.63, 3.8) is 0 Å². The summed E-state index contributed by atoms with van der Waals surface area (Å²) in [7, 11) is 0. The number of carbonyl (C=O) groups excluding carboxylic acids is 2. The minimum Gasteiger partial charge on any atom is -0.481 e. The molecule has 7 heteroatoms. The van der Waals surface area contributed by atoms with Crippen molar-refractivity contribution in [2.45, 2.75) is 45.6 Å². The van der Waals surface area contributed by atoms with Crippen molar-refractivity contribution in [2.75, 3.05) is 13.2 Å². The summed E-state index contributed by atoms with van der Waals surface area (Å²) in [5, 5.41) is 14.4. The zero-order valence-electron chi connectivity index (χ0n) is 19.3. The van der Waals surface area contributed by atoms with E-state index in [0.29, 0.717) is 12.3 Å². The average molecular weight is 453 g/mol. The number of benzene rings is 2. The third-order valence-corrected chi connectivity index (χ3v) is 5.90. The highest BCUT2D eigenvalue weighted by Crippen LogP contribution is 2.44. The smallest absolute Gasteiger partial charge is 0.407 e. The Kier molecular flexibility index (Phi) is 8.09. The molecule has 0 saturated heterocycles. The Morgan fingerprint density at radius 2 is 1.55 bits per heavy atom. The van der Waals surface area contributed by atoms with Gasteiger partial charge in [0.2, 0.25) is 5.91 Å². The van der Waals surface area contributed by atoms with Crippen LogP contribution in [0, 0.1) is 11.8 Å². The molecule has 2 atom stereocenters. The summed E-state index contributed by atoms with van der Waals surface area (Å²) in [6.45, 7) is 6.02. The lowest BCUT2D eigenvalue weighted by Crippen LogP contribution is -2.46. The second-order valence-electron chi connectivity index (χ2n) is 9.03. The summed E-state index contributed by atoms with van der Waals surface area (Å²) in [6, 6.07) is 15.4. The average Bonchev–Trinajstić information content (AvgIpc) is 3.09. The van der Waals surface area contributed by atoms with Gasteiger partial charge in [-0.05, 0) is 47.4 Å². The number of aliphatic carboxylic acids is 1. The minimum absolute atomic E-state index is 0.00729. The second-order valence-corrected chi connectivity index (χ2v) is 9.03. The summed E-state index contributed by atoms with van der Waals surface area (Å²) >= 11 is 0. The van der Waals surface area contributed by atoms with E-state index >= 15 is 0 Å². The molecule has 2 aromatic rings. The van der Waals surface area contributed by atoms with Gasteiger partial charge in [-0.3, -0.25) is 9.59 Å². The fourth-order valence-electron chi connectivity index (χ4n) is 4.43. The second kappa shape index (κ2) is 11.0. The van der Waals surface area contributed by atoms with E-state index in [1.54, 1.807) is 6.92 Å². The van der Waals surface area contributed by atoms with Crippen LogP contribution in [0.15, 0.2) is 48.5 Å². The zero-order chi connectivity index (χ0) is 24.0. The van der Waals surface area contributed by atoms with Gasteiger partial charge in [-0.15, -0.1) is 0 Å². The van der Waals surface area contributed by atoms with Gasteiger partial charge >= 0.3 is 12.1 Å². The molecule has 0 unspecified atom stereocenters. The van der Waals surface area contributed by atoms with Crippen LogP contribution in [-0.4, -0.2) is 42.3 Å². The molecule has 0 heterocycles. The molecule has 2 aromatic carbocycles. The van der Waals surface area contributed by atoms with Gasteiger partial charge in [0.05, 0.1) is 0 Å². The molecule has 3 rings (SSSR count). The normalized spacial score (nSPS) is 14.2. The number of alkyl carbamates (subject to hydrolysis) is 1. The van der Waals surface area contributed by atoms with Crippen molar-refractivity contribution in [1.82, 2.24) is 10.6 Å². The standard InChI is InChI=1S/C26H32N2O5/c1-16(2)12-18(13-24(29)30)14-27-25(31)17(3)28-26(32)33-15-23-21-10-6-4-8-19(21)20-9-5-7-11-22(20)23/h4-11,16-18,23H,12-15H2,1-3H3,(H,27,31)(H,28,32)(H,29,30)/t17-,18+/m1/s1. The molecule has 1 aliphatic carbocycles. The van der Waals surface area contributed by atoms with Gasteiger partial charge in [0.15, 0.2) is 0 Å². The predicted octanol–water partition coefficient (Wildman–Crippen LogP) is 4.17. The van der Waals surface area contributed by atoms with E-state index in [0.717, 1.165) is 22.3 Å². The molecule has 3 N–H and O–H groups in total. The molecule has 33 heavy (non-hydrogen) atoms. The maximum Gasteiger partial charge on any atom is 0.407 e. The van der Waals surface area contributed by atoms with Crippen molar-refractivity contribution >= 4 is 18.0 Å². The Morgan fingerprint density at radius 1 is 0.970 bits per heavy atom. The van der Waals surface area contributed by atoms with Gasteiger partial charge in [-0.25, -0.2) is 4.79 Å². The van der Waals surface area contributed by atoms with Gasteiger partial charge in [0, 0.05) is 18.9 Å². The molecule has 176 valence electrons. The largest absolute Gasteiger partial charge is 0.481 e. The van der Waals surface area contributed by atoms with Crippen LogP contribution in [0.1, 0.15) is 50.7 Å². The molecule has 0 spiro atoms. The topological polar surface area (TPSA) is 105 Å². The van der Waals surface area contributed by atoms with E-state index in [9.17, 15) is 14.4 Å². The highest BCUT2D eigenvalue weighted by atomic mass is 16.5.